The second-order valence-corrected chi connectivity index (χ2v) is 8.04. The van der Waals surface area contributed by atoms with Crippen LogP contribution in [0.5, 0.6) is 0 Å². The fraction of sp³-hybridized carbons (Fsp3) is 0.333. The summed E-state index contributed by atoms with van der Waals surface area (Å²) in [6, 6.07) is 11.4. The second kappa shape index (κ2) is 5.97. The number of thiophene rings is 1. The summed E-state index contributed by atoms with van der Waals surface area (Å²) in [5, 5.41) is 3.39. The summed E-state index contributed by atoms with van der Waals surface area (Å²) in [5.74, 6) is 0. The molecule has 0 bridgehead atoms. The zero-order valence-electron chi connectivity index (χ0n) is 11.9. The Labute approximate surface area is 124 Å². The van der Waals surface area contributed by atoms with Gasteiger partial charge in [-0.3, -0.25) is 0 Å². The second-order valence-electron chi connectivity index (χ2n) is 4.82. The molecule has 0 amide bonds. The molecule has 2 aromatic rings. The number of rotatable bonds is 5. The molecule has 0 radical (unpaired) electrons. The molecular formula is C15H19NO2S2. The van der Waals surface area contributed by atoms with E-state index in [4.69, 9.17) is 0 Å². The van der Waals surface area contributed by atoms with E-state index in [9.17, 15) is 8.42 Å². The van der Waals surface area contributed by atoms with Crippen LogP contribution in [0.15, 0.2) is 41.3 Å². The molecule has 1 atom stereocenters. The first-order chi connectivity index (χ1) is 9.40. The summed E-state index contributed by atoms with van der Waals surface area (Å²) >= 11 is 1.81. The lowest BCUT2D eigenvalue weighted by atomic mass is 10.2. The molecule has 108 valence electrons. The Hall–Kier alpha value is -1.33. The summed E-state index contributed by atoms with van der Waals surface area (Å²) in [6.45, 7) is 4.26. The predicted octanol–water partition coefficient (Wildman–Crippen LogP) is 3.89. The van der Waals surface area contributed by atoms with Gasteiger partial charge in [-0.25, -0.2) is 8.42 Å². The zero-order chi connectivity index (χ0) is 14.8. The Bertz CT molecular complexity index is 672. The first-order valence-electron chi connectivity index (χ1n) is 6.55. The third kappa shape index (κ3) is 3.61. The van der Waals surface area contributed by atoms with E-state index in [0.717, 1.165) is 12.1 Å². The van der Waals surface area contributed by atoms with Gasteiger partial charge in [-0.05, 0) is 49.7 Å². The lowest BCUT2D eigenvalue weighted by molar-refractivity contribution is 0.602. The van der Waals surface area contributed by atoms with E-state index in [1.54, 1.807) is 24.3 Å². The van der Waals surface area contributed by atoms with Gasteiger partial charge in [0.25, 0.3) is 0 Å². The normalized spacial score (nSPS) is 13.2. The van der Waals surface area contributed by atoms with Crippen molar-refractivity contribution < 1.29 is 8.42 Å². The highest BCUT2D eigenvalue weighted by Gasteiger charge is 2.10. The van der Waals surface area contributed by atoms with Crippen LogP contribution in [0.25, 0.3) is 0 Å². The number of hydrogen-bond acceptors (Lipinski definition) is 4. The van der Waals surface area contributed by atoms with Crippen LogP contribution in [-0.2, 0) is 16.3 Å². The number of anilines is 1. The molecule has 5 heteroatoms. The van der Waals surface area contributed by atoms with Crippen molar-refractivity contribution in [2.75, 3.05) is 11.6 Å². The standard InChI is InChI=1S/C15H19NO2S2/c1-4-13-7-10-15(19-13)11(2)16-12-5-8-14(9-6-12)20(3,17)18/h5-11,16H,4H2,1-3H3. The maximum absolute atomic E-state index is 11.4. The van der Waals surface area contributed by atoms with E-state index in [0.29, 0.717) is 4.90 Å². The summed E-state index contributed by atoms with van der Waals surface area (Å²) in [4.78, 5) is 3.01. The van der Waals surface area contributed by atoms with Crippen LogP contribution < -0.4 is 5.32 Å². The van der Waals surface area contributed by atoms with Crippen molar-refractivity contribution in [2.45, 2.75) is 31.2 Å². The maximum Gasteiger partial charge on any atom is 0.175 e. The van der Waals surface area contributed by atoms with Crippen LogP contribution in [0, 0.1) is 0 Å². The van der Waals surface area contributed by atoms with Gasteiger partial charge in [0.15, 0.2) is 9.84 Å². The quantitative estimate of drug-likeness (QED) is 0.911. The average molecular weight is 309 g/mol. The molecule has 1 heterocycles. The van der Waals surface area contributed by atoms with Crippen molar-refractivity contribution in [1.29, 1.82) is 0 Å². The highest BCUT2D eigenvalue weighted by Crippen LogP contribution is 2.26. The molecule has 0 saturated carbocycles. The Morgan fingerprint density at radius 1 is 1.15 bits per heavy atom. The van der Waals surface area contributed by atoms with Gasteiger partial charge in [0, 0.05) is 21.7 Å². The fourth-order valence-electron chi connectivity index (χ4n) is 1.94. The molecule has 0 aliphatic heterocycles. The Kier molecular flexibility index (Phi) is 4.50. The zero-order valence-corrected chi connectivity index (χ0v) is 13.5. The molecule has 0 fully saturated rings. The Morgan fingerprint density at radius 3 is 2.30 bits per heavy atom. The molecule has 20 heavy (non-hydrogen) atoms. The molecule has 1 N–H and O–H groups in total. The van der Waals surface area contributed by atoms with Gasteiger partial charge in [-0.15, -0.1) is 11.3 Å². The van der Waals surface area contributed by atoms with Crippen molar-refractivity contribution in [3.8, 4) is 0 Å². The lowest BCUT2D eigenvalue weighted by Crippen LogP contribution is -2.05. The van der Waals surface area contributed by atoms with E-state index >= 15 is 0 Å². The largest absolute Gasteiger partial charge is 0.378 e. The first-order valence-corrected chi connectivity index (χ1v) is 9.26. The van der Waals surface area contributed by atoms with Crippen molar-refractivity contribution >= 4 is 26.9 Å². The van der Waals surface area contributed by atoms with Gasteiger partial charge in [0.05, 0.1) is 10.9 Å². The first kappa shape index (κ1) is 15.1. The average Bonchev–Trinajstić information content (AvgIpc) is 2.87. The van der Waals surface area contributed by atoms with Gasteiger partial charge >= 0.3 is 0 Å². The number of nitrogens with one attached hydrogen (secondary N) is 1. The van der Waals surface area contributed by atoms with Gasteiger partial charge in [-0.1, -0.05) is 6.92 Å². The topological polar surface area (TPSA) is 46.2 Å². The molecule has 3 nitrogen and oxygen atoms in total. The Balaban J connectivity index is 2.10. The minimum Gasteiger partial charge on any atom is -0.378 e. The third-order valence-corrected chi connectivity index (χ3v) is 5.66. The van der Waals surface area contributed by atoms with Crippen molar-refractivity contribution in [1.82, 2.24) is 0 Å². The van der Waals surface area contributed by atoms with Crippen LogP contribution >= 0.6 is 11.3 Å². The highest BCUT2D eigenvalue weighted by atomic mass is 32.2. The summed E-state index contributed by atoms with van der Waals surface area (Å²) < 4.78 is 22.8. The van der Waals surface area contributed by atoms with E-state index in [1.165, 1.54) is 16.0 Å². The van der Waals surface area contributed by atoms with Gasteiger partial charge < -0.3 is 5.32 Å². The van der Waals surface area contributed by atoms with Crippen LogP contribution in [0.1, 0.15) is 29.6 Å². The van der Waals surface area contributed by atoms with Gasteiger partial charge in [-0.2, -0.15) is 0 Å². The summed E-state index contributed by atoms with van der Waals surface area (Å²) in [7, 11) is -3.13. The van der Waals surface area contributed by atoms with Crippen LogP contribution in [-0.4, -0.2) is 14.7 Å². The maximum atomic E-state index is 11.4. The third-order valence-electron chi connectivity index (χ3n) is 3.12. The molecule has 2 rings (SSSR count). The number of sulfone groups is 1. The predicted molar refractivity (Wildman–Crippen MR) is 85.3 cm³/mol. The van der Waals surface area contributed by atoms with Crippen LogP contribution in [0.2, 0.25) is 0 Å². The fourth-order valence-corrected chi connectivity index (χ4v) is 3.52. The molecular weight excluding hydrogens is 290 g/mol. The van der Waals surface area contributed by atoms with E-state index in [-0.39, 0.29) is 6.04 Å². The minimum atomic E-state index is -3.13. The molecule has 1 aromatic carbocycles. The van der Waals surface area contributed by atoms with E-state index < -0.39 is 9.84 Å². The number of benzene rings is 1. The van der Waals surface area contributed by atoms with Gasteiger partial charge in [0.1, 0.15) is 0 Å². The molecule has 0 aliphatic rings. The lowest BCUT2D eigenvalue weighted by Gasteiger charge is -2.14. The van der Waals surface area contributed by atoms with Crippen LogP contribution in [0.4, 0.5) is 5.69 Å². The number of aryl methyl sites for hydroxylation is 1. The SMILES string of the molecule is CCc1ccc(C(C)Nc2ccc(S(C)(=O)=O)cc2)s1. The molecule has 0 aliphatic carbocycles. The minimum absolute atomic E-state index is 0.212. The Morgan fingerprint density at radius 2 is 1.80 bits per heavy atom. The highest BCUT2D eigenvalue weighted by molar-refractivity contribution is 7.90. The van der Waals surface area contributed by atoms with Crippen molar-refractivity contribution in [3.63, 3.8) is 0 Å². The summed E-state index contributed by atoms with van der Waals surface area (Å²) in [6.07, 6.45) is 2.27. The van der Waals surface area contributed by atoms with Crippen molar-refractivity contribution in [3.05, 3.63) is 46.2 Å². The smallest absolute Gasteiger partial charge is 0.175 e. The van der Waals surface area contributed by atoms with Gasteiger partial charge in [0.2, 0.25) is 0 Å². The molecule has 1 unspecified atom stereocenters. The number of hydrogen-bond donors (Lipinski definition) is 1. The molecule has 0 saturated heterocycles. The molecule has 0 spiro atoms. The monoisotopic (exact) mass is 309 g/mol. The van der Waals surface area contributed by atoms with E-state index in [1.807, 2.05) is 11.3 Å². The summed E-state index contributed by atoms with van der Waals surface area (Å²) in [5.41, 5.74) is 0.927. The van der Waals surface area contributed by atoms with Crippen molar-refractivity contribution in [2.24, 2.45) is 0 Å². The van der Waals surface area contributed by atoms with E-state index in [2.05, 4.69) is 31.3 Å². The van der Waals surface area contributed by atoms with Crippen LogP contribution in [0.3, 0.4) is 0 Å². The molecule has 1 aromatic heterocycles.